The summed E-state index contributed by atoms with van der Waals surface area (Å²) in [5, 5.41) is 3.48. The van der Waals surface area contributed by atoms with Gasteiger partial charge in [-0.1, -0.05) is 0 Å². The number of benzene rings is 1. The molecule has 0 saturated heterocycles. The molecule has 0 fully saturated rings. The second-order valence-electron chi connectivity index (χ2n) is 5.83. The van der Waals surface area contributed by atoms with Gasteiger partial charge in [0.25, 0.3) is 0 Å². The SMILES string of the molecule is COc1ccc(Nc2nccc(Oc3ccc4[nH]c(C)cc4c3F)n2)cn1. The Bertz CT molecular complexity index is 1100. The van der Waals surface area contributed by atoms with Crippen molar-refractivity contribution >= 4 is 22.5 Å². The summed E-state index contributed by atoms with van der Waals surface area (Å²) < 4.78 is 25.3. The predicted octanol–water partition coefficient (Wildman–Crippen LogP) is 4.34. The Balaban J connectivity index is 1.56. The van der Waals surface area contributed by atoms with E-state index in [4.69, 9.17) is 9.47 Å². The minimum absolute atomic E-state index is 0.0947. The van der Waals surface area contributed by atoms with E-state index in [-0.39, 0.29) is 11.6 Å². The number of nitrogens with one attached hydrogen (secondary N) is 2. The second kappa shape index (κ2) is 6.91. The van der Waals surface area contributed by atoms with E-state index in [2.05, 4.69) is 25.3 Å². The third kappa shape index (κ3) is 3.50. The minimum atomic E-state index is -0.440. The summed E-state index contributed by atoms with van der Waals surface area (Å²) in [7, 11) is 1.55. The van der Waals surface area contributed by atoms with E-state index < -0.39 is 5.82 Å². The molecule has 0 bridgehead atoms. The monoisotopic (exact) mass is 365 g/mol. The van der Waals surface area contributed by atoms with Crippen LogP contribution in [-0.2, 0) is 0 Å². The number of aromatic nitrogens is 4. The van der Waals surface area contributed by atoms with E-state index in [1.165, 1.54) is 6.20 Å². The van der Waals surface area contributed by atoms with Crippen LogP contribution in [0.2, 0.25) is 0 Å². The number of hydrogen-bond acceptors (Lipinski definition) is 6. The highest BCUT2D eigenvalue weighted by molar-refractivity contribution is 5.82. The molecule has 136 valence electrons. The Morgan fingerprint density at radius 3 is 2.74 bits per heavy atom. The van der Waals surface area contributed by atoms with Gasteiger partial charge in [-0.15, -0.1) is 0 Å². The molecule has 0 aliphatic rings. The van der Waals surface area contributed by atoms with Crippen LogP contribution in [0, 0.1) is 12.7 Å². The zero-order valence-corrected chi connectivity index (χ0v) is 14.7. The molecule has 0 spiro atoms. The average molecular weight is 365 g/mol. The molecule has 3 aromatic heterocycles. The number of aryl methyl sites for hydroxylation is 1. The summed E-state index contributed by atoms with van der Waals surface area (Å²) in [4.78, 5) is 15.6. The van der Waals surface area contributed by atoms with Crippen LogP contribution < -0.4 is 14.8 Å². The van der Waals surface area contributed by atoms with Crippen molar-refractivity contribution < 1.29 is 13.9 Å². The van der Waals surface area contributed by atoms with Gasteiger partial charge >= 0.3 is 0 Å². The highest BCUT2D eigenvalue weighted by Gasteiger charge is 2.12. The number of nitrogens with zero attached hydrogens (tertiary/aromatic N) is 3. The minimum Gasteiger partial charge on any atom is -0.481 e. The van der Waals surface area contributed by atoms with Crippen LogP contribution in [0.25, 0.3) is 10.9 Å². The average Bonchev–Trinajstić information content (AvgIpc) is 3.06. The first-order valence-corrected chi connectivity index (χ1v) is 8.18. The van der Waals surface area contributed by atoms with E-state index in [0.717, 1.165) is 11.2 Å². The number of fused-ring (bicyclic) bond motifs is 1. The molecule has 4 rings (SSSR count). The summed E-state index contributed by atoms with van der Waals surface area (Å²) in [5.74, 6) is 0.684. The molecule has 0 aliphatic heterocycles. The van der Waals surface area contributed by atoms with Gasteiger partial charge in [-0.2, -0.15) is 4.98 Å². The molecule has 0 atom stereocenters. The van der Waals surface area contributed by atoms with Crippen LogP contribution in [0.15, 0.2) is 48.8 Å². The Hall–Kier alpha value is -3.68. The highest BCUT2D eigenvalue weighted by atomic mass is 19.1. The summed E-state index contributed by atoms with van der Waals surface area (Å²) >= 11 is 0. The lowest BCUT2D eigenvalue weighted by molar-refractivity contribution is 0.398. The largest absolute Gasteiger partial charge is 0.481 e. The number of aromatic amines is 1. The lowest BCUT2D eigenvalue weighted by atomic mass is 10.2. The van der Waals surface area contributed by atoms with Gasteiger partial charge in [0, 0.05) is 34.9 Å². The van der Waals surface area contributed by atoms with E-state index in [9.17, 15) is 4.39 Å². The van der Waals surface area contributed by atoms with Crippen molar-refractivity contribution in [3.8, 4) is 17.5 Å². The van der Waals surface area contributed by atoms with Gasteiger partial charge in [0.1, 0.15) is 0 Å². The molecule has 3 heterocycles. The molecular weight excluding hydrogens is 349 g/mol. The van der Waals surface area contributed by atoms with Gasteiger partial charge in [0.2, 0.25) is 17.7 Å². The van der Waals surface area contributed by atoms with Crippen molar-refractivity contribution in [3.05, 3.63) is 60.3 Å². The molecule has 2 N–H and O–H groups in total. The number of ether oxygens (including phenoxy) is 2. The summed E-state index contributed by atoms with van der Waals surface area (Å²) in [6.07, 6.45) is 3.12. The maximum absolute atomic E-state index is 14.7. The molecule has 8 heteroatoms. The van der Waals surface area contributed by atoms with Crippen molar-refractivity contribution in [2.45, 2.75) is 6.92 Å². The molecular formula is C19H16FN5O2. The molecule has 0 aliphatic carbocycles. The third-order valence-electron chi connectivity index (χ3n) is 3.88. The Morgan fingerprint density at radius 1 is 1.07 bits per heavy atom. The number of rotatable bonds is 5. The summed E-state index contributed by atoms with van der Waals surface area (Å²) in [6, 6.07) is 10.1. The third-order valence-corrected chi connectivity index (χ3v) is 3.88. The fourth-order valence-corrected chi connectivity index (χ4v) is 2.64. The lowest BCUT2D eigenvalue weighted by Gasteiger charge is -2.09. The van der Waals surface area contributed by atoms with E-state index in [0.29, 0.717) is 22.9 Å². The van der Waals surface area contributed by atoms with Crippen LogP contribution in [0.1, 0.15) is 5.69 Å². The van der Waals surface area contributed by atoms with Crippen LogP contribution in [0.5, 0.6) is 17.5 Å². The predicted molar refractivity (Wildman–Crippen MR) is 99.2 cm³/mol. The summed E-state index contributed by atoms with van der Waals surface area (Å²) in [6.45, 7) is 1.87. The standard InChI is InChI=1S/C19H16FN5O2/c1-11-9-13-14(23-11)4-5-15(18(13)20)27-17-7-8-21-19(25-17)24-12-3-6-16(26-2)22-10-12/h3-10,23H,1-2H3,(H,21,24,25). The van der Waals surface area contributed by atoms with Gasteiger partial charge < -0.3 is 19.8 Å². The van der Waals surface area contributed by atoms with E-state index >= 15 is 0 Å². The van der Waals surface area contributed by atoms with Gasteiger partial charge in [-0.05, 0) is 31.2 Å². The van der Waals surface area contributed by atoms with Crippen molar-refractivity contribution in [2.75, 3.05) is 12.4 Å². The fourth-order valence-electron chi connectivity index (χ4n) is 2.64. The Kier molecular flexibility index (Phi) is 4.29. The number of pyridine rings is 1. The molecule has 0 unspecified atom stereocenters. The van der Waals surface area contributed by atoms with Gasteiger partial charge in [-0.25, -0.2) is 14.4 Å². The maximum Gasteiger partial charge on any atom is 0.230 e. The zero-order valence-electron chi connectivity index (χ0n) is 14.7. The zero-order chi connectivity index (χ0) is 18.8. The normalized spacial score (nSPS) is 10.8. The van der Waals surface area contributed by atoms with Crippen molar-refractivity contribution in [3.63, 3.8) is 0 Å². The molecule has 1 aromatic carbocycles. The molecule has 27 heavy (non-hydrogen) atoms. The maximum atomic E-state index is 14.7. The second-order valence-corrected chi connectivity index (χ2v) is 5.83. The quantitative estimate of drug-likeness (QED) is 0.547. The van der Waals surface area contributed by atoms with Crippen molar-refractivity contribution in [2.24, 2.45) is 0 Å². The number of anilines is 2. The molecule has 4 aromatic rings. The molecule has 0 amide bonds. The van der Waals surface area contributed by atoms with Crippen molar-refractivity contribution in [1.82, 2.24) is 19.9 Å². The molecule has 0 radical (unpaired) electrons. The number of hydrogen-bond donors (Lipinski definition) is 2. The highest BCUT2D eigenvalue weighted by Crippen LogP contribution is 2.30. The number of methoxy groups -OCH3 is 1. The first kappa shape index (κ1) is 16.8. The number of H-pyrrole nitrogens is 1. The fraction of sp³-hybridized carbons (Fsp3) is 0.105. The van der Waals surface area contributed by atoms with Crippen LogP contribution in [0.4, 0.5) is 16.0 Å². The molecule has 7 nitrogen and oxygen atoms in total. The first-order valence-electron chi connectivity index (χ1n) is 8.18. The van der Waals surface area contributed by atoms with E-state index in [1.807, 2.05) is 6.92 Å². The molecule has 0 saturated carbocycles. The first-order chi connectivity index (χ1) is 13.1. The van der Waals surface area contributed by atoms with Gasteiger partial charge in [0.15, 0.2) is 11.6 Å². The van der Waals surface area contributed by atoms with Crippen LogP contribution in [-0.4, -0.2) is 27.0 Å². The van der Waals surface area contributed by atoms with Gasteiger partial charge in [0.05, 0.1) is 19.0 Å². The van der Waals surface area contributed by atoms with Crippen molar-refractivity contribution in [1.29, 1.82) is 0 Å². The van der Waals surface area contributed by atoms with Crippen LogP contribution in [0.3, 0.4) is 0 Å². The Labute approximate surface area is 154 Å². The summed E-state index contributed by atoms with van der Waals surface area (Å²) in [5.41, 5.74) is 2.28. The lowest BCUT2D eigenvalue weighted by Crippen LogP contribution is -1.99. The van der Waals surface area contributed by atoms with E-state index in [1.54, 1.807) is 49.7 Å². The number of halogens is 1. The Morgan fingerprint density at radius 2 is 1.96 bits per heavy atom. The smallest absolute Gasteiger partial charge is 0.230 e. The van der Waals surface area contributed by atoms with Crippen LogP contribution >= 0.6 is 0 Å². The van der Waals surface area contributed by atoms with Gasteiger partial charge in [-0.3, -0.25) is 0 Å². The topological polar surface area (TPSA) is 85.0 Å².